The first kappa shape index (κ1) is 16.7. The number of aromatic nitrogens is 5. The van der Waals surface area contributed by atoms with Crippen molar-refractivity contribution in [3.8, 4) is 17.1 Å². The predicted molar refractivity (Wildman–Crippen MR) is 101 cm³/mol. The largest absolute Gasteiger partial charge is 0.345 e. The molecule has 4 aromatic rings. The van der Waals surface area contributed by atoms with Gasteiger partial charge in [0.2, 0.25) is 0 Å². The maximum absolute atomic E-state index is 12.3. The number of carbonyl (C=O) groups is 1. The van der Waals surface area contributed by atoms with Crippen molar-refractivity contribution in [3.63, 3.8) is 0 Å². The number of nitrogens with zero attached hydrogens (tertiary/aromatic N) is 4. The lowest BCUT2D eigenvalue weighted by Gasteiger charge is -2.01. The number of nitrogens with one attached hydrogen (secondary N) is 2. The first-order chi connectivity index (χ1) is 13.2. The topological polar surface area (TPSA) is 88.5 Å². The van der Waals surface area contributed by atoms with Gasteiger partial charge in [0.25, 0.3) is 5.91 Å². The molecule has 0 unspecified atom stereocenters. The third-order valence-electron chi connectivity index (χ3n) is 4.14. The summed E-state index contributed by atoms with van der Waals surface area (Å²) in [6.07, 6.45) is 3.33. The SMILES string of the molecule is Cc1ccc(-n2cc(CNC(=O)c3cnc(-c4ccccc4)[nH]3)nn2)cc1. The van der Waals surface area contributed by atoms with E-state index in [2.05, 4.69) is 25.6 Å². The standard InChI is InChI=1S/C20H18N6O/c1-14-7-9-17(10-8-14)26-13-16(24-25-26)11-22-20(27)18-12-21-19(23-18)15-5-3-2-4-6-15/h2-10,12-13H,11H2,1H3,(H,21,23)(H,22,27). The van der Waals surface area contributed by atoms with E-state index >= 15 is 0 Å². The molecule has 0 fully saturated rings. The van der Waals surface area contributed by atoms with Gasteiger partial charge in [0.1, 0.15) is 17.2 Å². The van der Waals surface area contributed by atoms with Gasteiger partial charge < -0.3 is 10.3 Å². The van der Waals surface area contributed by atoms with E-state index in [0.717, 1.165) is 11.3 Å². The van der Waals surface area contributed by atoms with E-state index in [-0.39, 0.29) is 12.5 Å². The van der Waals surface area contributed by atoms with Crippen LogP contribution in [0.25, 0.3) is 17.1 Å². The molecule has 2 N–H and O–H groups in total. The number of aryl methyl sites for hydroxylation is 1. The minimum atomic E-state index is -0.241. The summed E-state index contributed by atoms with van der Waals surface area (Å²) in [6, 6.07) is 17.6. The van der Waals surface area contributed by atoms with Crippen LogP contribution in [0.2, 0.25) is 0 Å². The molecule has 2 aromatic carbocycles. The van der Waals surface area contributed by atoms with Crippen LogP contribution >= 0.6 is 0 Å². The Bertz CT molecular complexity index is 1050. The van der Waals surface area contributed by atoms with Crippen molar-refractivity contribution in [2.45, 2.75) is 13.5 Å². The summed E-state index contributed by atoms with van der Waals surface area (Å²) < 4.78 is 1.69. The number of hydrogen-bond donors (Lipinski definition) is 2. The van der Waals surface area contributed by atoms with Crippen LogP contribution in [0.15, 0.2) is 67.0 Å². The second kappa shape index (κ2) is 7.25. The zero-order valence-electron chi connectivity index (χ0n) is 14.8. The number of carbonyl (C=O) groups excluding carboxylic acids is 1. The lowest BCUT2D eigenvalue weighted by atomic mass is 10.2. The highest BCUT2D eigenvalue weighted by atomic mass is 16.1. The van der Waals surface area contributed by atoms with Crippen LogP contribution in [0.1, 0.15) is 21.7 Å². The molecule has 0 bridgehead atoms. The summed E-state index contributed by atoms with van der Waals surface area (Å²) in [6.45, 7) is 2.31. The molecule has 0 saturated carbocycles. The Kier molecular flexibility index (Phi) is 4.49. The molecule has 0 spiro atoms. The first-order valence-corrected chi connectivity index (χ1v) is 8.56. The molecule has 2 heterocycles. The Morgan fingerprint density at radius 1 is 1.11 bits per heavy atom. The van der Waals surface area contributed by atoms with Crippen molar-refractivity contribution in [2.75, 3.05) is 0 Å². The van der Waals surface area contributed by atoms with Gasteiger partial charge in [0.15, 0.2) is 0 Å². The number of benzene rings is 2. The summed E-state index contributed by atoms with van der Waals surface area (Å²) in [5.74, 6) is 0.417. The van der Waals surface area contributed by atoms with Crippen LogP contribution in [-0.4, -0.2) is 30.9 Å². The molecule has 0 saturated heterocycles. The van der Waals surface area contributed by atoms with Gasteiger partial charge in [0.05, 0.1) is 24.6 Å². The molecule has 4 rings (SSSR count). The minimum absolute atomic E-state index is 0.241. The van der Waals surface area contributed by atoms with E-state index in [9.17, 15) is 4.79 Å². The van der Waals surface area contributed by atoms with Gasteiger partial charge in [-0.2, -0.15) is 0 Å². The molecule has 2 aromatic heterocycles. The average molecular weight is 358 g/mol. The Balaban J connectivity index is 1.40. The van der Waals surface area contributed by atoms with Gasteiger partial charge in [-0.15, -0.1) is 5.10 Å². The van der Waals surface area contributed by atoms with Gasteiger partial charge in [-0.25, -0.2) is 9.67 Å². The molecule has 134 valence electrons. The molecule has 0 radical (unpaired) electrons. The minimum Gasteiger partial charge on any atom is -0.345 e. The van der Waals surface area contributed by atoms with E-state index < -0.39 is 0 Å². The third-order valence-corrected chi connectivity index (χ3v) is 4.14. The molecule has 27 heavy (non-hydrogen) atoms. The predicted octanol–water partition coefficient (Wildman–Crippen LogP) is 2.90. The lowest BCUT2D eigenvalue weighted by molar-refractivity contribution is 0.0946. The molecular weight excluding hydrogens is 340 g/mol. The quantitative estimate of drug-likeness (QED) is 0.574. The second-order valence-corrected chi connectivity index (χ2v) is 6.18. The van der Waals surface area contributed by atoms with Crippen LogP contribution in [-0.2, 0) is 6.54 Å². The molecule has 0 aliphatic heterocycles. The molecule has 0 atom stereocenters. The fraction of sp³-hybridized carbons (Fsp3) is 0.100. The molecule has 0 aliphatic rings. The van der Waals surface area contributed by atoms with Crippen LogP contribution in [0.3, 0.4) is 0 Å². The molecule has 0 aliphatic carbocycles. The van der Waals surface area contributed by atoms with E-state index in [1.807, 2.05) is 61.5 Å². The maximum atomic E-state index is 12.3. The summed E-state index contributed by atoms with van der Waals surface area (Å²) in [7, 11) is 0. The fourth-order valence-corrected chi connectivity index (χ4v) is 2.65. The lowest BCUT2D eigenvalue weighted by Crippen LogP contribution is -2.23. The van der Waals surface area contributed by atoms with E-state index in [1.54, 1.807) is 10.9 Å². The third kappa shape index (κ3) is 3.77. The van der Waals surface area contributed by atoms with Crippen LogP contribution < -0.4 is 5.32 Å². The maximum Gasteiger partial charge on any atom is 0.269 e. The summed E-state index contributed by atoms with van der Waals surface area (Å²) in [4.78, 5) is 19.6. The molecule has 7 heteroatoms. The Morgan fingerprint density at radius 3 is 2.67 bits per heavy atom. The summed E-state index contributed by atoms with van der Waals surface area (Å²) in [5, 5.41) is 11.0. The van der Waals surface area contributed by atoms with Gasteiger partial charge in [-0.05, 0) is 19.1 Å². The number of amides is 1. The number of H-pyrrole nitrogens is 1. The van der Waals surface area contributed by atoms with Crippen molar-refractivity contribution < 1.29 is 4.79 Å². The molecule has 1 amide bonds. The van der Waals surface area contributed by atoms with Crippen molar-refractivity contribution in [3.05, 3.63) is 83.9 Å². The summed E-state index contributed by atoms with van der Waals surface area (Å²) in [5.41, 5.74) is 4.11. The monoisotopic (exact) mass is 358 g/mol. The van der Waals surface area contributed by atoms with Gasteiger partial charge in [-0.3, -0.25) is 4.79 Å². The highest BCUT2D eigenvalue weighted by Gasteiger charge is 2.11. The Hall–Kier alpha value is -3.74. The van der Waals surface area contributed by atoms with Crippen LogP contribution in [0.5, 0.6) is 0 Å². The smallest absolute Gasteiger partial charge is 0.269 e. The number of aromatic amines is 1. The number of imidazole rings is 1. The van der Waals surface area contributed by atoms with Crippen molar-refractivity contribution in [1.29, 1.82) is 0 Å². The van der Waals surface area contributed by atoms with Crippen molar-refractivity contribution >= 4 is 5.91 Å². The number of hydrogen-bond acceptors (Lipinski definition) is 4. The van der Waals surface area contributed by atoms with Crippen LogP contribution in [0.4, 0.5) is 0 Å². The van der Waals surface area contributed by atoms with Crippen molar-refractivity contribution in [2.24, 2.45) is 0 Å². The van der Waals surface area contributed by atoms with Crippen molar-refractivity contribution in [1.82, 2.24) is 30.3 Å². The van der Waals surface area contributed by atoms with Gasteiger partial charge in [0, 0.05) is 5.56 Å². The molecule has 7 nitrogen and oxygen atoms in total. The average Bonchev–Trinajstić information content (AvgIpc) is 3.37. The highest BCUT2D eigenvalue weighted by molar-refractivity contribution is 5.92. The zero-order valence-corrected chi connectivity index (χ0v) is 14.8. The van der Waals surface area contributed by atoms with E-state index in [0.29, 0.717) is 17.2 Å². The first-order valence-electron chi connectivity index (χ1n) is 8.56. The Labute approximate surface area is 156 Å². The summed E-state index contributed by atoms with van der Waals surface area (Å²) >= 11 is 0. The van der Waals surface area contributed by atoms with Crippen LogP contribution in [0, 0.1) is 6.92 Å². The van der Waals surface area contributed by atoms with Gasteiger partial charge >= 0.3 is 0 Å². The second-order valence-electron chi connectivity index (χ2n) is 6.18. The molecular formula is C20H18N6O. The van der Waals surface area contributed by atoms with E-state index in [1.165, 1.54) is 11.8 Å². The zero-order chi connectivity index (χ0) is 18.6. The fourth-order valence-electron chi connectivity index (χ4n) is 2.65. The highest BCUT2D eigenvalue weighted by Crippen LogP contribution is 2.14. The Morgan fingerprint density at radius 2 is 1.89 bits per heavy atom. The normalized spacial score (nSPS) is 10.7. The van der Waals surface area contributed by atoms with Gasteiger partial charge in [-0.1, -0.05) is 53.2 Å². The number of rotatable bonds is 5. The van der Waals surface area contributed by atoms with E-state index in [4.69, 9.17) is 0 Å².